The van der Waals surface area contributed by atoms with Gasteiger partial charge in [0, 0.05) is 19.2 Å². The van der Waals surface area contributed by atoms with Crippen molar-refractivity contribution in [3.8, 4) is 11.5 Å². The van der Waals surface area contributed by atoms with Crippen molar-refractivity contribution >= 4 is 0 Å². The molecule has 0 radical (unpaired) electrons. The molecule has 90 valence electrons. The molecular formula is C13H17N3O. The summed E-state index contributed by atoms with van der Waals surface area (Å²) in [6.45, 7) is 4.39. The van der Waals surface area contributed by atoms with Gasteiger partial charge in [0.2, 0.25) is 0 Å². The zero-order valence-electron chi connectivity index (χ0n) is 10.4. The lowest BCUT2D eigenvalue weighted by Crippen LogP contribution is -1.99. The molecule has 0 saturated heterocycles. The Morgan fingerprint density at radius 1 is 1.29 bits per heavy atom. The van der Waals surface area contributed by atoms with Crippen LogP contribution in [-0.4, -0.2) is 9.78 Å². The molecule has 4 heteroatoms. The predicted molar refractivity (Wildman–Crippen MR) is 67.1 cm³/mol. The lowest BCUT2D eigenvalue weighted by Gasteiger charge is -2.09. The first-order valence-corrected chi connectivity index (χ1v) is 5.59. The molecular weight excluding hydrogens is 214 g/mol. The van der Waals surface area contributed by atoms with Gasteiger partial charge < -0.3 is 10.5 Å². The largest absolute Gasteiger partial charge is 0.453 e. The Bertz CT molecular complexity index is 531. The molecule has 2 N–H and O–H groups in total. The van der Waals surface area contributed by atoms with Gasteiger partial charge >= 0.3 is 0 Å². The van der Waals surface area contributed by atoms with Gasteiger partial charge in [-0.05, 0) is 19.9 Å². The molecule has 0 unspecified atom stereocenters. The topological polar surface area (TPSA) is 53.1 Å². The van der Waals surface area contributed by atoms with E-state index in [1.165, 1.54) is 0 Å². The molecule has 1 aromatic carbocycles. The summed E-state index contributed by atoms with van der Waals surface area (Å²) in [6.07, 6.45) is 0. The quantitative estimate of drug-likeness (QED) is 0.881. The van der Waals surface area contributed by atoms with Crippen molar-refractivity contribution in [1.82, 2.24) is 9.78 Å². The van der Waals surface area contributed by atoms with Gasteiger partial charge in [0.05, 0.1) is 5.69 Å². The fraction of sp³-hybridized carbons (Fsp3) is 0.308. The lowest BCUT2D eigenvalue weighted by atomic mass is 10.2. The van der Waals surface area contributed by atoms with Crippen LogP contribution in [0.25, 0.3) is 0 Å². The van der Waals surface area contributed by atoms with Crippen LogP contribution in [0, 0.1) is 13.8 Å². The summed E-state index contributed by atoms with van der Waals surface area (Å²) >= 11 is 0. The van der Waals surface area contributed by atoms with E-state index in [0.29, 0.717) is 6.54 Å². The Morgan fingerprint density at radius 3 is 2.59 bits per heavy atom. The normalized spacial score (nSPS) is 10.6. The SMILES string of the molecule is Cc1nn(C)c(C)c1Oc1ccccc1CN. The highest BCUT2D eigenvalue weighted by atomic mass is 16.5. The number of hydrogen-bond acceptors (Lipinski definition) is 3. The van der Waals surface area contributed by atoms with Crippen LogP contribution in [-0.2, 0) is 13.6 Å². The summed E-state index contributed by atoms with van der Waals surface area (Å²) in [5, 5.41) is 4.32. The number of nitrogens with zero attached hydrogens (tertiary/aromatic N) is 2. The van der Waals surface area contributed by atoms with E-state index in [0.717, 1.165) is 28.5 Å². The molecule has 0 aliphatic carbocycles. The van der Waals surface area contributed by atoms with Gasteiger partial charge in [-0.1, -0.05) is 18.2 Å². The van der Waals surface area contributed by atoms with Crippen LogP contribution in [0.4, 0.5) is 0 Å². The number of nitrogens with two attached hydrogens (primary N) is 1. The molecule has 0 fully saturated rings. The zero-order chi connectivity index (χ0) is 12.4. The molecule has 1 aromatic heterocycles. The van der Waals surface area contributed by atoms with Crippen molar-refractivity contribution in [2.75, 3.05) is 0 Å². The van der Waals surface area contributed by atoms with Crippen molar-refractivity contribution in [3.05, 3.63) is 41.2 Å². The van der Waals surface area contributed by atoms with Gasteiger partial charge in [-0.25, -0.2) is 0 Å². The fourth-order valence-corrected chi connectivity index (χ4v) is 1.78. The first kappa shape index (κ1) is 11.7. The highest BCUT2D eigenvalue weighted by Gasteiger charge is 2.12. The van der Waals surface area contributed by atoms with Gasteiger partial charge in [-0.15, -0.1) is 0 Å². The van der Waals surface area contributed by atoms with Crippen LogP contribution in [0.1, 0.15) is 17.0 Å². The van der Waals surface area contributed by atoms with E-state index in [-0.39, 0.29) is 0 Å². The van der Waals surface area contributed by atoms with Crippen molar-refractivity contribution in [3.63, 3.8) is 0 Å². The van der Waals surface area contributed by atoms with Gasteiger partial charge in [-0.3, -0.25) is 4.68 Å². The summed E-state index contributed by atoms with van der Waals surface area (Å²) < 4.78 is 7.73. The number of aryl methyl sites for hydroxylation is 2. The van der Waals surface area contributed by atoms with Crippen molar-refractivity contribution in [2.45, 2.75) is 20.4 Å². The second-order valence-electron chi connectivity index (χ2n) is 4.04. The number of aromatic nitrogens is 2. The third-order valence-corrected chi connectivity index (χ3v) is 2.85. The third-order valence-electron chi connectivity index (χ3n) is 2.85. The molecule has 2 rings (SSSR count). The monoisotopic (exact) mass is 231 g/mol. The fourth-order valence-electron chi connectivity index (χ4n) is 1.78. The molecule has 0 aliphatic heterocycles. The molecule has 0 saturated carbocycles. The van der Waals surface area contributed by atoms with Crippen LogP contribution < -0.4 is 10.5 Å². The maximum atomic E-state index is 5.92. The van der Waals surface area contributed by atoms with E-state index in [1.807, 2.05) is 49.8 Å². The minimum atomic E-state index is 0.467. The number of rotatable bonds is 3. The van der Waals surface area contributed by atoms with Crippen LogP contribution in [0.2, 0.25) is 0 Å². The van der Waals surface area contributed by atoms with Gasteiger partial charge in [-0.2, -0.15) is 5.10 Å². The van der Waals surface area contributed by atoms with Crippen molar-refractivity contribution < 1.29 is 4.74 Å². The summed E-state index contributed by atoms with van der Waals surface area (Å²) in [5.41, 5.74) is 8.57. The molecule has 2 aromatic rings. The number of benzene rings is 1. The number of ether oxygens (including phenoxy) is 1. The molecule has 1 heterocycles. The highest BCUT2D eigenvalue weighted by Crippen LogP contribution is 2.29. The molecule has 17 heavy (non-hydrogen) atoms. The second-order valence-corrected chi connectivity index (χ2v) is 4.04. The van der Waals surface area contributed by atoms with Gasteiger partial charge in [0.15, 0.2) is 5.75 Å². The van der Waals surface area contributed by atoms with Crippen molar-refractivity contribution in [1.29, 1.82) is 0 Å². The van der Waals surface area contributed by atoms with E-state index in [4.69, 9.17) is 10.5 Å². The Balaban J connectivity index is 2.38. The zero-order valence-corrected chi connectivity index (χ0v) is 10.4. The molecule has 0 atom stereocenters. The minimum absolute atomic E-state index is 0.467. The van der Waals surface area contributed by atoms with Crippen LogP contribution >= 0.6 is 0 Å². The first-order valence-electron chi connectivity index (χ1n) is 5.59. The highest BCUT2D eigenvalue weighted by molar-refractivity contribution is 5.41. The minimum Gasteiger partial charge on any atom is -0.453 e. The Hall–Kier alpha value is -1.81. The smallest absolute Gasteiger partial charge is 0.171 e. The standard InChI is InChI=1S/C13H17N3O/c1-9-13(10(2)16(3)15-9)17-12-7-5-4-6-11(12)8-14/h4-7H,8,14H2,1-3H3. The average molecular weight is 231 g/mol. The third kappa shape index (κ3) is 2.17. The maximum Gasteiger partial charge on any atom is 0.171 e. The summed E-state index contributed by atoms with van der Waals surface area (Å²) in [5.74, 6) is 1.61. The lowest BCUT2D eigenvalue weighted by molar-refractivity contribution is 0.468. The van der Waals surface area contributed by atoms with Gasteiger partial charge in [0.25, 0.3) is 0 Å². The number of para-hydroxylation sites is 1. The Morgan fingerprint density at radius 2 is 2.00 bits per heavy atom. The van der Waals surface area contributed by atoms with E-state index in [1.54, 1.807) is 0 Å². The second kappa shape index (κ2) is 4.59. The van der Waals surface area contributed by atoms with Crippen LogP contribution in [0.3, 0.4) is 0 Å². The van der Waals surface area contributed by atoms with E-state index in [9.17, 15) is 0 Å². The summed E-state index contributed by atoms with van der Waals surface area (Å²) in [4.78, 5) is 0. The maximum absolute atomic E-state index is 5.92. The molecule has 0 aliphatic rings. The van der Waals surface area contributed by atoms with Crippen molar-refractivity contribution in [2.24, 2.45) is 12.8 Å². The summed E-state index contributed by atoms with van der Waals surface area (Å²) in [7, 11) is 1.91. The molecule has 4 nitrogen and oxygen atoms in total. The van der Waals surface area contributed by atoms with Crippen LogP contribution in [0.15, 0.2) is 24.3 Å². The van der Waals surface area contributed by atoms with Gasteiger partial charge in [0.1, 0.15) is 11.4 Å². The van der Waals surface area contributed by atoms with E-state index >= 15 is 0 Å². The van der Waals surface area contributed by atoms with Crippen LogP contribution in [0.5, 0.6) is 11.5 Å². The Kier molecular flexibility index (Phi) is 3.15. The molecule has 0 spiro atoms. The average Bonchev–Trinajstić information content (AvgIpc) is 2.57. The van der Waals surface area contributed by atoms with E-state index in [2.05, 4.69) is 5.10 Å². The Labute approximate surface area is 101 Å². The number of hydrogen-bond donors (Lipinski definition) is 1. The first-order chi connectivity index (χ1) is 8.13. The predicted octanol–water partition coefficient (Wildman–Crippen LogP) is 2.29. The molecule has 0 amide bonds. The molecule has 0 bridgehead atoms. The van der Waals surface area contributed by atoms with E-state index < -0.39 is 0 Å². The summed E-state index contributed by atoms with van der Waals surface area (Å²) in [6, 6.07) is 7.79.